The monoisotopic (exact) mass is 377 g/mol. The Kier molecular flexibility index (Phi) is 6.22. The van der Waals surface area contributed by atoms with Gasteiger partial charge in [0.1, 0.15) is 6.26 Å². The first kappa shape index (κ1) is 19.4. The molecule has 6 heteroatoms. The molecule has 2 amide bonds. The molecular weight excluding hydrogens is 354 g/mol. The van der Waals surface area contributed by atoms with Gasteiger partial charge in [0.2, 0.25) is 11.8 Å². The highest BCUT2D eigenvalue weighted by Gasteiger charge is 2.14. The van der Waals surface area contributed by atoms with E-state index in [0.717, 1.165) is 5.56 Å². The molecule has 3 aromatic rings. The summed E-state index contributed by atoms with van der Waals surface area (Å²) in [5.74, 6) is 0.209. The van der Waals surface area contributed by atoms with Crippen molar-refractivity contribution in [1.82, 2.24) is 9.88 Å². The Labute approximate surface area is 164 Å². The lowest BCUT2D eigenvalue weighted by Gasteiger charge is -2.19. The third-order valence-electron chi connectivity index (χ3n) is 4.36. The molecule has 1 aromatic heterocycles. The van der Waals surface area contributed by atoms with E-state index < -0.39 is 0 Å². The average Bonchev–Trinajstić information content (AvgIpc) is 3.18. The molecular formula is C22H23N3O3. The first-order valence-electron chi connectivity index (χ1n) is 9.29. The van der Waals surface area contributed by atoms with Crippen LogP contribution in [-0.2, 0) is 11.2 Å². The summed E-state index contributed by atoms with van der Waals surface area (Å²) in [5.41, 5.74) is 2.53. The second-order valence-electron chi connectivity index (χ2n) is 6.29. The number of rotatable bonds is 7. The Bertz CT molecular complexity index is 946. The van der Waals surface area contributed by atoms with Gasteiger partial charge in [-0.05, 0) is 44.2 Å². The minimum Gasteiger partial charge on any atom is -0.444 e. The first-order chi connectivity index (χ1) is 13.6. The minimum absolute atomic E-state index is 0.0508. The number of hydrogen-bond acceptors (Lipinski definition) is 4. The second kappa shape index (κ2) is 8.99. The smallest absolute Gasteiger partial charge is 0.253 e. The lowest BCUT2D eigenvalue weighted by Crippen LogP contribution is -2.30. The van der Waals surface area contributed by atoms with Gasteiger partial charge in [-0.3, -0.25) is 9.59 Å². The third kappa shape index (κ3) is 4.65. The van der Waals surface area contributed by atoms with Crippen LogP contribution in [-0.4, -0.2) is 34.8 Å². The predicted octanol–water partition coefficient (Wildman–Crippen LogP) is 4.00. The highest BCUT2D eigenvalue weighted by atomic mass is 16.3. The molecule has 0 aliphatic rings. The van der Waals surface area contributed by atoms with Gasteiger partial charge < -0.3 is 14.6 Å². The number of oxazole rings is 1. The Hall–Kier alpha value is -3.41. The molecule has 0 spiro atoms. The zero-order valence-corrected chi connectivity index (χ0v) is 16.0. The molecule has 144 valence electrons. The van der Waals surface area contributed by atoms with Crippen molar-refractivity contribution in [2.75, 3.05) is 18.4 Å². The molecule has 3 rings (SSSR count). The Morgan fingerprint density at radius 2 is 1.79 bits per heavy atom. The molecule has 0 radical (unpaired) electrons. The van der Waals surface area contributed by atoms with E-state index in [4.69, 9.17) is 4.42 Å². The molecule has 1 N–H and O–H groups in total. The predicted molar refractivity (Wildman–Crippen MR) is 108 cm³/mol. The van der Waals surface area contributed by atoms with Gasteiger partial charge in [0.05, 0.1) is 12.1 Å². The maximum Gasteiger partial charge on any atom is 0.253 e. The number of hydrogen-bond donors (Lipinski definition) is 1. The van der Waals surface area contributed by atoms with Crippen LogP contribution < -0.4 is 5.32 Å². The first-order valence-corrected chi connectivity index (χ1v) is 9.29. The third-order valence-corrected chi connectivity index (χ3v) is 4.36. The summed E-state index contributed by atoms with van der Waals surface area (Å²) in [6.07, 6.45) is 1.58. The van der Waals surface area contributed by atoms with Crippen LogP contribution in [0.15, 0.2) is 65.3 Å². The van der Waals surface area contributed by atoms with Gasteiger partial charge >= 0.3 is 0 Å². The maximum atomic E-state index is 12.5. The summed E-state index contributed by atoms with van der Waals surface area (Å²) in [7, 11) is 0. The topological polar surface area (TPSA) is 75.4 Å². The minimum atomic E-state index is -0.222. The van der Waals surface area contributed by atoms with E-state index in [1.807, 2.05) is 44.2 Å². The molecule has 2 aromatic carbocycles. The van der Waals surface area contributed by atoms with Gasteiger partial charge in [-0.1, -0.05) is 24.3 Å². The summed E-state index contributed by atoms with van der Waals surface area (Å²) in [4.78, 5) is 30.9. The summed E-state index contributed by atoms with van der Waals surface area (Å²) >= 11 is 0. The van der Waals surface area contributed by atoms with Crippen molar-refractivity contribution in [2.24, 2.45) is 0 Å². The molecule has 0 atom stereocenters. The van der Waals surface area contributed by atoms with Crippen molar-refractivity contribution < 1.29 is 14.0 Å². The number of benzene rings is 2. The van der Waals surface area contributed by atoms with Crippen LogP contribution in [0.5, 0.6) is 0 Å². The van der Waals surface area contributed by atoms with Gasteiger partial charge in [0, 0.05) is 29.9 Å². The highest BCUT2D eigenvalue weighted by Crippen LogP contribution is 2.19. The summed E-state index contributed by atoms with van der Waals surface area (Å²) in [5, 5.41) is 2.82. The van der Waals surface area contributed by atoms with Crippen molar-refractivity contribution in [1.29, 1.82) is 0 Å². The zero-order valence-electron chi connectivity index (χ0n) is 16.0. The Morgan fingerprint density at radius 1 is 1.04 bits per heavy atom. The van der Waals surface area contributed by atoms with E-state index in [1.165, 1.54) is 6.26 Å². The number of aromatic nitrogens is 1. The normalized spacial score (nSPS) is 10.5. The number of nitrogens with zero attached hydrogens (tertiary/aromatic N) is 2. The number of amides is 2. The largest absolute Gasteiger partial charge is 0.444 e. The highest BCUT2D eigenvalue weighted by molar-refractivity contribution is 5.97. The number of anilines is 1. The van der Waals surface area contributed by atoms with Crippen molar-refractivity contribution in [2.45, 2.75) is 20.3 Å². The molecule has 1 heterocycles. The molecule has 0 aliphatic heterocycles. The van der Waals surface area contributed by atoms with Crippen molar-refractivity contribution in [3.63, 3.8) is 0 Å². The quantitative estimate of drug-likeness (QED) is 0.675. The van der Waals surface area contributed by atoms with E-state index in [0.29, 0.717) is 35.9 Å². The number of nitrogens with one attached hydrogen (secondary N) is 1. The molecule has 0 saturated heterocycles. The van der Waals surface area contributed by atoms with Crippen molar-refractivity contribution >= 4 is 17.5 Å². The molecule has 28 heavy (non-hydrogen) atoms. The molecule has 0 saturated carbocycles. The maximum absolute atomic E-state index is 12.5. The van der Waals surface area contributed by atoms with Crippen LogP contribution in [0.4, 0.5) is 5.69 Å². The van der Waals surface area contributed by atoms with Crippen LogP contribution in [0.2, 0.25) is 0 Å². The Balaban J connectivity index is 1.65. The van der Waals surface area contributed by atoms with Crippen LogP contribution in [0.1, 0.15) is 29.9 Å². The van der Waals surface area contributed by atoms with Crippen LogP contribution >= 0.6 is 0 Å². The van der Waals surface area contributed by atoms with Gasteiger partial charge in [-0.2, -0.15) is 0 Å². The SMILES string of the molecule is CCN(CC)C(=O)c1cccc(NC(=O)Cc2coc(-c3ccccc3)n2)c1. The van der Waals surface area contributed by atoms with E-state index in [1.54, 1.807) is 29.2 Å². The summed E-state index contributed by atoms with van der Waals surface area (Å²) in [6.45, 7) is 5.16. The van der Waals surface area contributed by atoms with Gasteiger partial charge in [0.15, 0.2) is 0 Å². The van der Waals surface area contributed by atoms with E-state index >= 15 is 0 Å². The number of carbonyl (C=O) groups excluding carboxylic acids is 2. The van der Waals surface area contributed by atoms with Crippen molar-refractivity contribution in [3.05, 3.63) is 72.1 Å². The second-order valence-corrected chi connectivity index (χ2v) is 6.29. The van der Waals surface area contributed by atoms with Crippen LogP contribution in [0.3, 0.4) is 0 Å². The molecule has 0 bridgehead atoms. The Morgan fingerprint density at radius 3 is 2.50 bits per heavy atom. The fourth-order valence-corrected chi connectivity index (χ4v) is 2.89. The molecule has 0 unspecified atom stereocenters. The van der Waals surface area contributed by atoms with Gasteiger partial charge in [-0.15, -0.1) is 0 Å². The summed E-state index contributed by atoms with van der Waals surface area (Å²) < 4.78 is 5.46. The summed E-state index contributed by atoms with van der Waals surface area (Å²) in [6, 6.07) is 16.5. The average molecular weight is 377 g/mol. The molecule has 6 nitrogen and oxygen atoms in total. The standard InChI is InChI=1S/C22H23N3O3/c1-3-25(4-2)22(27)17-11-8-12-18(13-17)23-20(26)14-19-15-28-21(24-19)16-9-6-5-7-10-16/h5-13,15H,3-4,14H2,1-2H3,(H,23,26). The fraction of sp³-hybridized carbons (Fsp3) is 0.227. The lowest BCUT2D eigenvalue weighted by molar-refractivity contribution is -0.115. The van der Waals surface area contributed by atoms with E-state index in [-0.39, 0.29) is 18.2 Å². The zero-order chi connectivity index (χ0) is 19.9. The van der Waals surface area contributed by atoms with Gasteiger partial charge in [0.25, 0.3) is 5.91 Å². The van der Waals surface area contributed by atoms with E-state index in [9.17, 15) is 9.59 Å². The number of carbonyl (C=O) groups is 2. The van der Waals surface area contributed by atoms with E-state index in [2.05, 4.69) is 10.3 Å². The fourth-order valence-electron chi connectivity index (χ4n) is 2.89. The van der Waals surface area contributed by atoms with Gasteiger partial charge in [-0.25, -0.2) is 4.98 Å². The molecule has 0 fully saturated rings. The lowest BCUT2D eigenvalue weighted by atomic mass is 10.1. The molecule has 0 aliphatic carbocycles. The van der Waals surface area contributed by atoms with Crippen LogP contribution in [0.25, 0.3) is 11.5 Å². The van der Waals surface area contributed by atoms with Crippen LogP contribution in [0, 0.1) is 0 Å². The van der Waals surface area contributed by atoms with Crippen molar-refractivity contribution in [3.8, 4) is 11.5 Å².